The Hall–Kier alpha value is -1.53. The van der Waals surface area contributed by atoms with E-state index in [1.807, 2.05) is 0 Å². The summed E-state index contributed by atoms with van der Waals surface area (Å²) in [6.45, 7) is 6.05. The average molecular weight is 308 g/mol. The molecule has 2 heterocycles. The van der Waals surface area contributed by atoms with Crippen molar-refractivity contribution in [2.24, 2.45) is 0 Å². The van der Waals surface area contributed by atoms with Crippen LogP contribution in [0.2, 0.25) is 0 Å². The van der Waals surface area contributed by atoms with Gasteiger partial charge in [0.25, 0.3) is 0 Å². The first-order valence-electron chi connectivity index (χ1n) is 8.25. The van der Waals surface area contributed by atoms with E-state index >= 15 is 0 Å². The van der Waals surface area contributed by atoms with Gasteiger partial charge in [0, 0.05) is 13.0 Å². The SMILES string of the molecule is C[N+]1(CCCOCCNc2ncc(N)cc2N)CCCCC1. The lowest BCUT2D eigenvalue weighted by molar-refractivity contribution is -0.914. The Labute approximate surface area is 133 Å². The van der Waals surface area contributed by atoms with Crippen molar-refractivity contribution in [2.45, 2.75) is 25.7 Å². The molecule has 6 nitrogen and oxygen atoms in total. The van der Waals surface area contributed by atoms with Crippen LogP contribution in [0.1, 0.15) is 25.7 Å². The average Bonchev–Trinajstić information content (AvgIpc) is 2.49. The Morgan fingerprint density at radius 3 is 2.73 bits per heavy atom. The molecule has 1 fully saturated rings. The van der Waals surface area contributed by atoms with Gasteiger partial charge in [0.05, 0.1) is 57.5 Å². The van der Waals surface area contributed by atoms with E-state index in [0.29, 0.717) is 30.3 Å². The molecule has 1 aromatic rings. The number of anilines is 3. The van der Waals surface area contributed by atoms with Crippen LogP contribution in [0.4, 0.5) is 17.2 Å². The van der Waals surface area contributed by atoms with Gasteiger partial charge in [-0.3, -0.25) is 0 Å². The molecule has 0 amide bonds. The molecule has 0 spiro atoms. The maximum atomic E-state index is 5.83. The molecular formula is C16H30N5O+. The van der Waals surface area contributed by atoms with Crippen molar-refractivity contribution in [3.63, 3.8) is 0 Å². The van der Waals surface area contributed by atoms with Crippen molar-refractivity contribution in [1.29, 1.82) is 0 Å². The Bertz CT molecular complexity index is 460. The van der Waals surface area contributed by atoms with Gasteiger partial charge in [-0.1, -0.05) is 0 Å². The zero-order valence-corrected chi connectivity index (χ0v) is 13.7. The van der Waals surface area contributed by atoms with Gasteiger partial charge in [-0.05, 0) is 25.3 Å². The molecule has 22 heavy (non-hydrogen) atoms. The molecule has 0 aliphatic carbocycles. The molecular weight excluding hydrogens is 278 g/mol. The monoisotopic (exact) mass is 308 g/mol. The number of ether oxygens (including phenoxy) is 1. The minimum Gasteiger partial charge on any atom is -0.397 e. The molecule has 1 aromatic heterocycles. The van der Waals surface area contributed by atoms with E-state index in [1.165, 1.54) is 43.4 Å². The molecule has 5 N–H and O–H groups in total. The number of hydrogen-bond acceptors (Lipinski definition) is 5. The normalized spacial score (nSPS) is 17.3. The van der Waals surface area contributed by atoms with Crippen LogP contribution < -0.4 is 16.8 Å². The highest BCUT2D eigenvalue weighted by molar-refractivity contribution is 5.65. The van der Waals surface area contributed by atoms with Gasteiger partial charge in [0.15, 0.2) is 0 Å². The minimum absolute atomic E-state index is 0.572. The number of aromatic nitrogens is 1. The standard InChI is InChI=1S/C16H30N5O/c1-21(7-3-2-4-8-21)9-5-10-22-11-6-19-16-15(18)12-14(17)13-20-16/h12-13H,2-11,17-18H2,1H3,(H,19,20)/q+1. The van der Waals surface area contributed by atoms with Crippen LogP contribution in [-0.2, 0) is 4.74 Å². The molecule has 0 bridgehead atoms. The number of hydrogen-bond donors (Lipinski definition) is 3. The highest BCUT2D eigenvalue weighted by Crippen LogP contribution is 2.17. The van der Waals surface area contributed by atoms with Gasteiger partial charge >= 0.3 is 0 Å². The van der Waals surface area contributed by atoms with E-state index in [2.05, 4.69) is 17.3 Å². The van der Waals surface area contributed by atoms with Crippen LogP contribution in [0.5, 0.6) is 0 Å². The van der Waals surface area contributed by atoms with Crippen LogP contribution in [0.15, 0.2) is 12.3 Å². The van der Waals surface area contributed by atoms with Crippen LogP contribution in [0, 0.1) is 0 Å². The lowest BCUT2D eigenvalue weighted by Gasteiger charge is -2.37. The van der Waals surface area contributed by atoms with Gasteiger partial charge in [0.1, 0.15) is 5.82 Å². The fourth-order valence-electron chi connectivity index (χ4n) is 3.04. The summed E-state index contributed by atoms with van der Waals surface area (Å²) in [6, 6.07) is 1.71. The van der Waals surface area contributed by atoms with Crippen LogP contribution in [0.3, 0.4) is 0 Å². The Kier molecular flexibility index (Phi) is 6.27. The number of quaternary nitrogens is 1. The first-order valence-corrected chi connectivity index (χ1v) is 8.25. The van der Waals surface area contributed by atoms with Gasteiger partial charge in [0.2, 0.25) is 0 Å². The first kappa shape index (κ1) is 16.8. The third-order valence-corrected chi connectivity index (χ3v) is 4.36. The van der Waals surface area contributed by atoms with Crippen molar-refractivity contribution in [2.75, 3.05) is 63.2 Å². The molecule has 1 saturated heterocycles. The van der Waals surface area contributed by atoms with Crippen molar-refractivity contribution < 1.29 is 9.22 Å². The number of nitrogens with one attached hydrogen (secondary N) is 1. The van der Waals surface area contributed by atoms with E-state index < -0.39 is 0 Å². The molecule has 1 aliphatic rings. The van der Waals surface area contributed by atoms with Crippen molar-refractivity contribution in [1.82, 2.24) is 4.98 Å². The van der Waals surface area contributed by atoms with Crippen LogP contribution >= 0.6 is 0 Å². The van der Waals surface area contributed by atoms with E-state index in [1.54, 1.807) is 12.3 Å². The van der Waals surface area contributed by atoms with Crippen molar-refractivity contribution >= 4 is 17.2 Å². The van der Waals surface area contributed by atoms with Gasteiger partial charge < -0.3 is 26.0 Å². The Morgan fingerprint density at radius 1 is 1.23 bits per heavy atom. The number of pyridine rings is 1. The molecule has 0 atom stereocenters. The summed E-state index contributed by atoms with van der Waals surface area (Å²) in [5.41, 5.74) is 12.6. The highest BCUT2D eigenvalue weighted by atomic mass is 16.5. The van der Waals surface area contributed by atoms with Crippen molar-refractivity contribution in [3.05, 3.63) is 12.3 Å². The third-order valence-electron chi connectivity index (χ3n) is 4.36. The molecule has 2 rings (SSSR count). The second-order valence-corrected chi connectivity index (χ2v) is 6.45. The lowest BCUT2D eigenvalue weighted by atomic mass is 10.1. The predicted octanol–water partition coefficient (Wildman–Crippen LogP) is 1.70. The zero-order valence-electron chi connectivity index (χ0n) is 13.7. The molecule has 0 unspecified atom stereocenters. The molecule has 0 aromatic carbocycles. The number of rotatable bonds is 8. The topological polar surface area (TPSA) is 86.2 Å². The summed E-state index contributed by atoms with van der Waals surface area (Å²) in [5.74, 6) is 0.671. The fraction of sp³-hybridized carbons (Fsp3) is 0.688. The number of nitrogens with zero attached hydrogens (tertiary/aromatic N) is 2. The maximum absolute atomic E-state index is 5.83. The predicted molar refractivity (Wildman–Crippen MR) is 91.6 cm³/mol. The summed E-state index contributed by atoms with van der Waals surface area (Å²) in [5, 5.41) is 3.17. The van der Waals surface area contributed by atoms with Crippen LogP contribution in [0.25, 0.3) is 0 Å². The molecule has 0 radical (unpaired) electrons. The van der Waals surface area contributed by atoms with Gasteiger partial charge in [-0.25, -0.2) is 4.98 Å². The van der Waals surface area contributed by atoms with E-state index in [9.17, 15) is 0 Å². The van der Waals surface area contributed by atoms with E-state index in [4.69, 9.17) is 16.2 Å². The summed E-state index contributed by atoms with van der Waals surface area (Å²) < 4.78 is 6.91. The lowest BCUT2D eigenvalue weighted by Crippen LogP contribution is -2.48. The summed E-state index contributed by atoms with van der Waals surface area (Å²) in [7, 11) is 2.37. The third kappa shape index (κ3) is 5.35. The molecule has 124 valence electrons. The Morgan fingerprint density at radius 2 is 2.00 bits per heavy atom. The second-order valence-electron chi connectivity index (χ2n) is 6.45. The number of nitrogen functional groups attached to an aromatic ring is 2. The Balaban J connectivity index is 1.54. The van der Waals surface area contributed by atoms with Gasteiger partial charge in [-0.2, -0.15) is 0 Å². The summed E-state index contributed by atoms with van der Waals surface area (Å²) in [6.07, 6.45) is 6.87. The fourth-order valence-corrected chi connectivity index (χ4v) is 3.04. The highest BCUT2D eigenvalue weighted by Gasteiger charge is 2.23. The second kappa shape index (κ2) is 8.19. The molecule has 1 aliphatic heterocycles. The summed E-state index contributed by atoms with van der Waals surface area (Å²) >= 11 is 0. The van der Waals surface area contributed by atoms with E-state index in [-0.39, 0.29) is 0 Å². The zero-order chi connectivity index (χ0) is 15.8. The number of piperidine rings is 1. The molecule has 6 heteroatoms. The largest absolute Gasteiger partial charge is 0.397 e. The first-order chi connectivity index (χ1) is 10.6. The van der Waals surface area contributed by atoms with Gasteiger partial charge in [-0.15, -0.1) is 0 Å². The number of nitrogens with two attached hydrogens (primary N) is 2. The van der Waals surface area contributed by atoms with Crippen molar-refractivity contribution in [3.8, 4) is 0 Å². The molecule has 0 saturated carbocycles. The van der Waals surface area contributed by atoms with Crippen LogP contribution in [-0.4, -0.2) is 55.9 Å². The summed E-state index contributed by atoms with van der Waals surface area (Å²) in [4.78, 5) is 4.16. The smallest absolute Gasteiger partial charge is 0.149 e. The maximum Gasteiger partial charge on any atom is 0.149 e. The minimum atomic E-state index is 0.572. The number of likely N-dealkylation sites (tertiary alicyclic amines) is 1. The quantitative estimate of drug-likeness (QED) is 0.502. The van der Waals surface area contributed by atoms with E-state index in [0.717, 1.165) is 13.0 Å².